The summed E-state index contributed by atoms with van der Waals surface area (Å²) < 4.78 is 11.1. The van der Waals surface area contributed by atoms with Gasteiger partial charge in [0.25, 0.3) is 5.91 Å². The van der Waals surface area contributed by atoms with E-state index >= 15 is 0 Å². The molecule has 6 heteroatoms. The Labute approximate surface area is 221 Å². The van der Waals surface area contributed by atoms with E-state index in [2.05, 4.69) is 32.0 Å². The lowest BCUT2D eigenvalue weighted by atomic mass is 9.97. The van der Waals surface area contributed by atoms with Gasteiger partial charge in [-0.05, 0) is 81.3 Å². The van der Waals surface area contributed by atoms with Crippen molar-refractivity contribution in [3.63, 3.8) is 0 Å². The van der Waals surface area contributed by atoms with Gasteiger partial charge in [-0.1, -0.05) is 56.5 Å². The van der Waals surface area contributed by atoms with E-state index in [-0.39, 0.29) is 5.91 Å². The number of aryl methyl sites for hydroxylation is 1. The number of benzene rings is 2. The van der Waals surface area contributed by atoms with Gasteiger partial charge in [0.1, 0.15) is 17.1 Å². The third-order valence-corrected chi connectivity index (χ3v) is 7.46. The van der Waals surface area contributed by atoms with Crippen molar-refractivity contribution >= 4 is 17.7 Å². The van der Waals surface area contributed by atoms with Crippen LogP contribution in [0.1, 0.15) is 83.8 Å². The smallest absolute Gasteiger partial charge is 0.349 e. The first-order valence-electron chi connectivity index (χ1n) is 13.7. The molecule has 0 N–H and O–H groups in total. The Morgan fingerprint density at radius 1 is 1.08 bits per heavy atom. The van der Waals surface area contributed by atoms with Crippen LogP contribution in [0.15, 0.2) is 47.5 Å². The Morgan fingerprint density at radius 2 is 1.81 bits per heavy atom. The average Bonchev–Trinajstić information content (AvgIpc) is 3.44. The molecule has 2 aromatic rings. The first kappa shape index (κ1) is 26.9. The molecule has 0 saturated heterocycles. The zero-order chi connectivity index (χ0) is 26.6. The van der Waals surface area contributed by atoms with E-state index in [4.69, 9.17) is 14.5 Å². The highest BCUT2D eigenvalue weighted by atomic mass is 16.6. The van der Waals surface area contributed by atoms with Gasteiger partial charge in [-0.15, -0.1) is 0 Å². The summed E-state index contributed by atoms with van der Waals surface area (Å²) in [7, 11) is 0. The second-order valence-corrected chi connectivity index (χ2v) is 10.8. The number of amidine groups is 1. The van der Waals surface area contributed by atoms with Crippen LogP contribution in [0.2, 0.25) is 0 Å². The molecule has 0 unspecified atom stereocenters. The summed E-state index contributed by atoms with van der Waals surface area (Å²) in [6.07, 6.45) is 6.90. The van der Waals surface area contributed by atoms with Crippen molar-refractivity contribution < 1.29 is 19.1 Å². The molecule has 0 bridgehead atoms. The third kappa shape index (κ3) is 5.73. The van der Waals surface area contributed by atoms with Gasteiger partial charge in [0.15, 0.2) is 5.60 Å². The zero-order valence-electron chi connectivity index (χ0n) is 22.9. The predicted octanol–water partition coefficient (Wildman–Crippen LogP) is 6.63. The highest BCUT2D eigenvalue weighted by molar-refractivity contribution is 6.08. The fraction of sp³-hybridized carbons (Fsp3) is 0.516. The van der Waals surface area contributed by atoms with Crippen LogP contribution in [0.3, 0.4) is 0 Å². The maximum Gasteiger partial charge on any atom is 0.349 e. The Hall–Kier alpha value is -3.15. The van der Waals surface area contributed by atoms with E-state index < -0.39 is 17.1 Å². The van der Waals surface area contributed by atoms with Crippen LogP contribution in [-0.2, 0) is 20.9 Å². The lowest BCUT2D eigenvalue weighted by molar-refractivity contribution is -0.158. The summed E-state index contributed by atoms with van der Waals surface area (Å²) in [6, 6.07) is 14.1. The van der Waals surface area contributed by atoms with Crippen molar-refractivity contribution in [1.29, 1.82) is 0 Å². The van der Waals surface area contributed by atoms with Crippen LogP contribution in [0.25, 0.3) is 11.1 Å². The third-order valence-electron chi connectivity index (χ3n) is 7.46. The summed E-state index contributed by atoms with van der Waals surface area (Å²) in [6.45, 7) is 10.4. The number of carbonyl (C=O) groups is 2. The van der Waals surface area contributed by atoms with E-state index in [0.29, 0.717) is 18.9 Å². The highest BCUT2D eigenvalue weighted by Crippen LogP contribution is 2.40. The maximum atomic E-state index is 13.5. The number of amides is 1. The second kappa shape index (κ2) is 11.1. The minimum Gasteiger partial charge on any atom is -0.476 e. The highest BCUT2D eigenvalue weighted by Gasteiger charge is 2.49. The van der Waals surface area contributed by atoms with Crippen molar-refractivity contribution in [3.8, 4) is 16.9 Å². The van der Waals surface area contributed by atoms with Crippen molar-refractivity contribution in [1.82, 2.24) is 4.90 Å². The molecule has 0 atom stereocenters. The van der Waals surface area contributed by atoms with Gasteiger partial charge in [0.05, 0.1) is 13.2 Å². The number of aliphatic imine (C=N–C) groups is 1. The predicted molar refractivity (Wildman–Crippen MR) is 147 cm³/mol. The van der Waals surface area contributed by atoms with Crippen LogP contribution >= 0.6 is 0 Å². The van der Waals surface area contributed by atoms with Crippen LogP contribution in [0.5, 0.6) is 5.75 Å². The van der Waals surface area contributed by atoms with E-state index in [0.717, 1.165) is 73.0 Å². The summed E-state index contributed by atoms with van der Waals surface area (Å²) in [5, 5.41) is 0. The molecule has 2 aliphatic rings. The van der Waals surface area contributed by atoms with Crippen LogP contribution in [0, 0.1) is 6.92 Å². The second-order valence-electron chi connectivity index (χ2n) is 10.8. The van der Waals surface area contributed by atoms with E-state index in [1.165, 1.54) is 0 Å². The topological polar surface area (TPSA) is 68.2 Å². The molecule has 1 spiro atoms. The monoisotopic (exact) mass is 504 g/mol. The molecule has 1 amide bonds. The molecule has 6 nitrogen and oxygen atoms in total. The molecule has 198 valence electrons. The first-order chi connectivity index (χ1) is 17.7. The Balaban J connectivity index is 1.53. The molecule has 1 heterocycles. The van der Waals surface area contributed by atoms with E-state index in [1.807, 2.05) is 29.2 Å². The Kier molecular flexibility index (Phi) is 8.05. The van der Waals surface area contributed by atoms with Gasteiger partial charge in [-0.2, -0.15) is 0 Å². The molecule has 37 heavy (non-hydrogen) atoms. The van der Waals surface area contributed by atoms with Crippen molar-refractivity contribution in [3.05, 3.63) is 53.6 Å². The van der Waals surface area contributed by atoms with Crippen molar-refractivity contribution in [2.75, 3.05) is 6.61 Å². The first-order valence-corrected chi connectivity index (χ1v) is 13.7. The lowest BCUT2D eigenvalue weighted by Crippen LogP contribution is -2.40. The number of unbranched alkanes of at least 4 members (excludes halogenated alkanes) is 1. The molecule has 0 radical (unpaired) electrons. The standard InChI is InChI=1S/C31H40N2O4/c1-6-8-14-27-32-31(17-9-10-18-31)28(34)33(27)21-25-16-15-24(19-22(25)3)23-12-11-13-26(20-23)37-30(4,5)29(35)36-7-2/h11-13,15-16,19-20H,6-10,14,17-18,21H2,1-5H3. The zero-order valence-corrected chi connectivity index (χ0v) is 22.9. The lowest BCUT2D eigenvalue weighted by Gasteiger charge is -2.24. The molecule has 2 aromatic carbocycles. The fourth-order valence-corrected chi connectivity index (χ4v) is 5.30. The molecule has 1 aliphatic heterocycles. The minimum atomic E-state index is -1.08. The molecule has 1 saturated carbocycles. The molecule has 0 aromatic heterocycles. The van der Waals surface area contributed by atoms with Gasteiger partial charge in [0.2, 0.25) is 0 Å². The van der Waals surface area contributed by atoms with E-state index in [9.17, 15) is 9.59 Å². The van der Waals surface area contributed by atoms with Gasteiger partial charge >= 0.3 is 5.97 Å². The summed E-state index contributed by atoms with van der Waals surface area (Å²) in [4.78, 5) is 32.7. The Bertz CT molecular complexity index is 1180. The fourth-order valence-electron chi connectivity index (χ4n) is 5.30. The van der Waals surface area contributed by atoms with Gasteiger partial charge in [-0.25, -0.2) is 4.79 Å². The minimum absolute atomic E-state index is 0.189. The quantitative estimate of drug-likeness (QED) is 0.341. The number of hydrogen-bond acceptors (Lipinski definition) is 5. The van der Waals surface area contributed by atoms with Crippen LogP contribution in [0.4, 0.5) is 0 Å². The molecule has 1 fully saturated rings. The van der Waals surface area contributed by atoms with Gasteiger partial charge < -0.3 is 9.47 Å². The van der Waals surface area contributed by atoms with Crippen molar-refractivity contribution in [2.24, 2.45) is 4.99 Å². The number of rotatable bonds is 10. The SMILES string of the molecule is CCCCC1=NC2(CCCC2)C(=O)N1Cc1ccc(-c2cccc(OC(C)(C)C(=O)OCC)c2)cc1C. The maximum absolute atomic E-state index is 13.5. The molecule has 1 aliphatic carbocycles. The number of esters is 1. The summed E-state index contributed by atoms with van der Waals surface area (Å²) >= 11 is 0. The van der Waals surface area contributed by atoms with Gasteiger partial charge in [-0.3, -0.25) is 14.7 Å². The van der Waals surface area contributed by atoms with Crippen LogP contribution < -0.4 is 4.74 Å². The van der Waals surface area contributed by atoms with Crippen LogP contribution in [-0.4, -0.2) is 40.4 Å². The van der Waals surface area contributed by atoms with Crippen molar-refractivity contribution in [2.45, 2.75) is 97.2 Å². The Morgan fingerprint density at radius 3 is 2.49 bits per heavy atom. The molecular weight excluding hydrogens is 464 g/mol. The molecular formula is C31H40N2O4. The number of ether oxygens (including phenoxy) is 2. The number of nitrogens with zero attached hydrogens (tertiary/aromatic N) is 2. The summed E-state index contributed by atoms with van der Waals surface area (Å²) in [5.74, 6) is 1.37. The normalized spacial score (nSPS) is 16.8. The number of carbonyl (C=O) groups excluding carboxylic acids is 2. The summed E-state index contributed by atoms with van der Waals surface area (Å²) in [5.41, 5.74) is 2.73. The van der Waals surface area contributed by atoms with E-state index in [1.54, 1.807) is 20.8 Å². The largest absolute Gasteiger partial charge is 0.476 e. The number of hydrogen-bond donors (Lipinski definition) is 0. The average molecular weight is 505 g/mol. The van der Waals surface area contributed by atoms with Gasteiger partial charge in [0, 0.05) is 6.42 Å². The molecule has 4 rings (SSSR count).